The van der Waals surface area contributed by atoms with Gasteiger partial charge in [0.1, 0.15) is 6.10 Å². The first-order valence-corrected chi connectivity index (χ1v) is 5.61. The molecule has 3 aliphatic rings. The predicted octanol–water partition coefficient (Wildman–Crippen LogP) is 1.31. The van der Waals surface area contributed by atoms with Crippen LogP contribution in [0.25, 0.3) is 0 Å². The van der Waals surface area contributed by atoms with Crippen molar-refractivity contribution in [3.8, 4) is 0 Å². The van der Waals surface area contributed by atoms with Gasteiger partial charge in [-0.25, -0.2) is 4.79 Å². The molecular formula is C8H10INO2. The molecule has 2 bridgehead atoms. The van der Waals surface area contributed by atoms with E-state index < -0.39 is 0 Å². The summed E-state index contributed by atoms with van der Waals surface area (Å²) < 4.78 is 5.83. The summed E-state index contributed by atoms with van der Waals surface area (Å²) in [5.41, 5.74) is 0. The highest BCUT2D eigenvalue weighted by Gasteiger charge is 2.56. The number of carbonyl (C=O) groups is 1. The monoisotopic (exact) mass is 279 g/mol. The number of ether oxygens (including phenoxy) is 1. The van der Waals surface area contributed by atoms with Gasteiger partial charge in [0.25, 0.3) is 0 Å². The van der Waals surface area contributed by atoms with E-state index in [0.717, 1.165) is 5.92 Å². The SMILES string of the molecule is O=C1N[C@H]2C[C@@H]3C[C@H]2[C@H](O1)[C@H]3I. The molecule has 0 radical (unpaired) electrons. The van der Waals surface area contributed by atoms with Crippen LogP contribution in [0.2, 0.25) is 0 Å². The van der Waals surface area contributed by atoms with Crippen molar-refractivity contribution in [3.63, 3.8) is 0 Å². The lowest BCUT2D eigenvalue weighted by Crippen LogP contribution is -2.54. The van der Waals surface area contributed by atoms with Crippen LogP contribution in [0.3, 0.4) is 0 Å². The fourth-order valence-corrected chi connectivity index (χ4v) is 4.13. The quantitative estimate of drug-likeness (QED) is 0.536. The number of rotatable bonds is 0. The lowest BCUT2D eigenvalue weighted by atomic mass is 9.91. The van der Waals surface area contributed by atoms with E-state index in [0.29, 0.717) is 15.9 Å². The van der Waals surface area contributed by atoms with Crippen molar-refractivity contribution in [2.75, 3.05) is 0 Å². The maximum Gasteiger partial charge on any atom is 0.407 e. The normalized spacial score (nSPS) is 55.1. The maximum absolute atomic E-state index is 11.0. The Labute approximate surface area is 84.4 Å². The van der Waals surface area contributed by atoms with Crippen LogP contribution in [-0.4, -0.2) is 22.2 Å². The number of amides is 1. The summed E-state index contributed by atoms with van der Waals surface area (Å²) in [7, 11) is 0. The Bertz CT molecular complexity index is 245. The fraction of sp³-hybridized carbons (Fsp3) is 0.875. The number of fused-ring (bicyclic) bond motifs is 1. The number of hydrogen-bond donors (Lipinski definition) is 1. The molecule has 5 atom stereocenters. The molecule has 0 spiro atoms. The molecule has 3 nitrogen and oxygen atoms in total. The van der Waals surface area contributed by atoms with Crippen molar-refractivity contribution < 1.29 is 9.53 Å². The molecule has 2 aliphatic carbocycles. The Morgan fingerprint density at radius 1 is 1.50 bits per heavy atom. The molecule has 1 heterocycles. The third kappa shape index (κ3) is 0.791. The van der Waals surface area contributed by atoms with Gasteiger partial charge in [-0.15, -0.1) is 0 Å². The molecule has 4 heteroatoms. The Hall–Kier alpha value is 0. The highest BCUT2D eigenvalue weighted by molar-refractivity contribution is 14.1. The van der Waals surface area contributed by atoms with Gasteiger partial charge in [-0.3, -0.25) is 0 Å². The van der Waals surface area contributed by atoms with E-state index in [4.69, 9.17) is 4.74 Å². The van der Waals surface area contributed by atoms with Crippen LogP contribution in [0.1, 0.15) is 12.8 Å². The van der Waals surface area contributed by atoms with Gasteiger partial charge in [0.2, 0.25) is 0 Å². The lowest BCUT2D eigenvalue weighted by molar-refractivity contribution is 0.0278. The molecule has 1 N–H and O–H groups in total. The summed E-state index contributed by atoms with van der Waals surface area (Å²) >= 11 is 2.44. The summed E-state index contributed by atoms with van der Waals surface area (Å²) in [5, 5.41) is 2.90. The van der Waals surface area contributed by atoms with Crippen LogP contribution < -0.4 is 5.32 Å². The van der Waals surface area contributed by atoms with Gasteiger partial charge in [0.05, 0.1) is 3.92 Å². The Morgan fingerprint density at radius 2 is 2.33 bits per heavy atom. The molecular weight excluding hydrogens is 269 g/mol. The Kier molecular flexibility index (Phi) is 1.40. The number of halogens is 1. The Morgan fingerprint density at radius 3 is 3.08 bits per heavy atom. The van der Waals surface area contributed by atoms with Crippen LogP contribution in [0.5, 0.6) is 0 Å². The van der Waals surface area contributed by atoms with Gasteiger partial charge in [0.15, 0.2) is 0 Å². The molecule has 2 saturated carbocycles. The second-order valence-electron chi connectivity index (χ2n) is 3.96. The lowest BCUT2D eigenvalue weighted by Gasteiger charge is -2.37. The first-order chi connectivity index (χ1) is 5.75. The van der Waals surface area contributed by atoms with Crippen LogP contribution in [0, 0.1) is 11.8 Å². The second kappa shape index (κ2) is 2.27. The number of alkyl halides is 1. The van der Waals surface area contributed by atoms with E-state index in [9.17, 15) is 4.79 Å². The average Bonchev–Trinajstić information content (AvgIpc) is 2.53. The molecule has 3 fully saturated rings. The van der Waals surface area contributed by atoms with Crippen molar-refractivity contribution in [3.05, 3.63) is 0 Å². The van der Waals surface area contributed by atoms with E-state index in [1.165, 1.54) is 12.8 Å². The minimum absolute atomic E-state index is 0.205. The van der Waals surface area contributed by atoms with E-state index >= 15 is 0 Å². The van der Waals surface area contributed by atoms with Gasteiger partial charge in [-0.1, -0.05) is 22.6 Å². The summed E-state index contributed by atoms with van der Waals surface area (Å²) in [6.07, 6.45) is 2.43. The van der Waals surface area contributed by atoms with Crippen LogP contribution in [0.4, 0.5) is 4.79 Å². The minimum Gasteiger partial charge on any atom is -0.445 e. The zero-order valence-corrected chi connectivity index (χ0v) is 8.65. The third-order valence-electron chi connectivity index (χ3n) is 3.38. The molecule has 0 aromatic carbocycles. The average molecular weight is 279 g/mol. The van der Waals surface area contributed by atoms with Crippen molar-refractivity contribution in [1.82, 2.24) is 5.32 Å². The highest BCUT2D eigenvalue weighted by atomic mass is 127. The van der Waals surface area contributed by atoms with E-state index in [-0.39, 0.29) is 12.2 Å². The molecule has 12 heavy (non-hydrogen) atoms. The minimum atomic E-state index is -0.205. The zero-order chi connectivity index (χ0) is 8.29. The number of carbonyl (C=O) groups excluding carboxylic acids is 1. The summed E-state index contributed by atoms with van der Waals surface area (Å²) in [4.78, 5) is 11.0. The molecule has 1 amide bonds. The van der Waals surface area contributed by atoms with Crippen molar-refractivity contribution in [1.29, 1.82) is 0 Å². The fourth-order valence-electron chi connectivity index (χ4n) is 2.87. The third-order valence-corrected chi connectivity index (χ3v) is 5.11. The van der Waals surface area contributed by atoms with Crippen LogP contribution in [-0.2, 0) is 4.74 Å². The second-order valence-corrected chi connectivity index (χ2v) is 5.40. The van der Waals surface area contributed by atoms with Gasteiger partial charge < -0.3 is 10.1 Å². The topological polar surface area (TPSA) is 38.3 Å². The van der Waals surface area contributed by atoms with Crippen molar-refractivity contribution >= 4 is 28.7 Å². The highest BCUT2D eigenvalue weighted by Crippen LogP contribution is 2.51. The smallest absolute Gasteiger partial charge is 0.407 e. The molecule has 3 rings (SSSR count). The van der Waals surface area contributed by atoms with E-state index in [2.05, 4.69) is 27.9 Å². The molecule has 0 unspecified atom stereocenters. The summed E-state index contributed by atoms with van der Waals surface area (Å²) in [5.74, 6) is 1.39. The zero-order valence-electron chi connectivity index (χ0n) is 6.50. The van der Waals surface area contributed by atoms with E-state index in [1.807, 2.05) is 0 Å². The number of hydrogen-bond acceptors (Lipinski definition) is 2. The van der Waals surface area contributed by atoms with Gasteiger partial charge in [0, 0.05) is 12.0 Å². The predicted molar refractivity (Wildman–Crippen MR) is 51.2 cm³/mol. The van der Waals surface area contributed by atoms with Crippen LogP contribution in [0.15, 0.2) is 0 Å². The van der Waals surface area contributed by atoms with Gasteiger partial charge in [-0.05, 0) is 18.8 Å². The number of nitrogens with one attached hydrogen (secondary N) is 1. The maximum atomic E-state index is 11.0. The first kappa shape index (κ1) is 7.41. The van der Waals surface area contributed by atoms with Crippen molar-refractivity contribution in [2.24, 2.45) is 11.8 Å². The van der Waals surface area contributed by atoms with Gasteiger partial charge >= 0.3 is 6.09 Å². The molecule has 0 aromatic rings. The standard InChI is InChI=1S/C8H10INO2/c9-6-3-1-4-5(2-3)10-8(11)12-7(4)6/h3-7H,1-2H2,(H,10,11)/t3-,4+,5-,6-,7-/m0/s1. The Balaban J connectivity index is 1.94. The molecule has 1 aliphatic heterocycles. The van der Waals surface area contributed by atoms with Gasteiger partial charge in [-0.2, -0.15) is 0 Å². The first-order valence-electron chi connectivity index (χ1n) is 4.37. The molecule has 1 saturated heterocycles. The van der Waals surface area contributed by atoms with E-state index in [1.54, 1.807) is 0 Å². The molecule has 0 aromatic heterocycles. The van der Waals surface area contributed by atoms with Crippen molar-refractivity contribution in [2.45, 2.75) is 28.9 Å². The largest absolute Gasteiger partial charge is 0.445 e. The molecule has 66 valence electrons. The number of alkyl carbamates (subject to hydrolysis) is 1. The van der Waals surface area contributed by atoms with Crippen LogP contribution >= 0.6 is 22.6 Å². The summed E-state index contributed by atoms with van der Waals surface area (Å²) in [6, 6.07) is 0.423. The summed E-state index contributed by atoms with van der Waals surface area (Å²) in [6.45, 7) is 0.